The molecule has 0 unspecified atom stereocenters. The summed E-state index contributed by atoms with van der Waals surface area (Å²) in [6.07, 6.45) is 0.769. The number of aryl methyl sites for hydroxylation is 1. The van der Waals surface area contributed by atoms with Gasteiger partial charge in [0.2, 0.25) is 5.91 Å². The highest BCUT2D eigenvalue weighted by molar-refractivity contribution is 8.00. The van der Waals surface area contributed by atoms with Gasteiger partial charge in [-0.3, -0.25) is 4.79 Å². The van der Waals surface area contributed by atoms with Gasteiger partial charge >= 0.3 is 0 Å². The fourth-order valence-electron chi connectivity index (χ4n) is 3.25. The van der Waals surface area contributed by atoms with Crippen molar-refractivity contribution in [2.45, 2.75) is 29.8 Å². The number of benzene rings is 2. The number of ether oxygens (including phenoxy) is 1. The van der Waals surface area contributed by atoms with Gasteiger partial charge in [0.25, 0.3) is 0 Å². The third kappa shape index (κ3) is 3.64. The van der Waals surface area contributed by atoms with Crippen LogP contribution in [0.3, 0.4) is 0 Å². The minimum absolute atomic E-state index is 0.00760. The zero-order valence-corrected chi connectivity index (χ0v) is 16.7. The highest BCUT2D eigenvalue weighted by Gasteiger charge is 2.26. The highest BCUT2D eigenvalue weighted by atomic mass is 35.5. The maximum atomic E-state index is 12.8. The molecule has 27 heavy (non-hydrogen) atoms. The van der Waals surface area contributed by atoms with Gasteiger partial charge in [0.15, 0.2) is 5.16 Å². The second-order valence-corrected chi connectivity index (χ2v) is 8.33. The Morgan fingerprint density at radius 3 is 3.04 bits per heavy atom. The summed E-state index contributed by atoms with van der Waals surface area (Å²) in [5.41, 5.74) is 2.86. The molecule has 4 rings (SSSR count). The summed E-state index contributed by atoms with van der Waals surface area (Å²) in [5.74, 6) is 0.841. The zero-order chi connectivity index (χ0) is 19.0. The van der Waals surface area contributed by atoms with E-state index in [4.69, 9.17) is 16.3 Å². The van der Waals surface area contributed by atoms with Gasteiger partial charge < -0.3 is 14.6 Å². The lowest BCUT2D eigenvalue weighted by atomic mass is 10.0. The topological polar surface area (TPSA) is 56.2 Å². The van der Waals surface area contributed by atoms with E-state index in [1.54, 1.807) is 0 Å². The van der Waals surface area contributed by atoms with Crippen LogP contribution in [0.25, 0.3) is 11.0 Å². The van der Waals surface area contributed by atoms with Gasteiger partial charge in [-0.15, -0.1) is 0 Å². The SMILES string of the molecule is C[C@@H](Sc1nc2cc(Cl)ccc2n1C)C(=O)N[C@@H]1CCOc2ccccc21. The van der Waals surface area contributed by atoms with Crippen molar-refractivity contribution < 1.29 is 9.53 Å². The molecular weight excluding hydrogens is 382 g/mol. The summed E-state index contributed by atoms with van der Waals surface area (Å²) in [4.78, 5) is 17.4. The molecule has 7 heteroatoms. The largest absolute Gasteiger partial charge is 0.493 e. The van der Waals surface area contributed by atoms with Crippen molar-refractivity contribution in [2.75, 3.05) is 6.61 Å². The number of fused-ring (bicyclic) bond motifs is 2. The molecule has 1 N–H and O–H groups in total. The number of hydrogen-bond donors (Lipinski definition) is 1. The lowest BCUT2D eigenvalue weighted by Gasteiger charge is -2.27. The van der Waals surface area contributed by atoms with E-state index in [1.807, 2.05) is 61.0 Å². The number of carbonyl (C=O) groups is 1. The van der Waals surface area contributed by atoms with Crippen LogP contribution in [-0.2, 0) is 11.8 Å². The van der Waals surface area contributed by atoms with Crippen molar-refractivity contribution in [1.29, 1.82) is 0 Å². The zero-order valence-electron chi connectivity index (χ0n) is 15.1. The van der Waals surface area contributed by atoms with E-state index in [9.17, 15) is 4.79 Å². The van der Waals surface area contributed by atoms with E-state index >= 15 is 0 Å². The highest BCUT2D eigenvalue weighted by Crippen LogP contribution is 2.33. The van der Waals surface area contributed by atoms with Crippen LogP contribution >= 0.6 is 23.4 Å². The Hall–Kier alpha value is -2.18. The van der Waals surface area contributed by atoms with Crippen molar-refractivity contribution in [1.82, 2.24) is 14.9 Å². The number of para-hydroxylation sites is 1. The molecular formula is C20H20ClN3O2S. The normalized spacial score (nSPS) is 17.2. The Balaban J connectivity index is 1.48. The first-order valence-corrected chi connectivity index (χ1v) is 10.1. The molecule has 2 heterocycles. The summed E-state index contributed by atoms with van der Waals surface area (Å²) < 4.78 is 7.66. The van der Waals surface area contributed by atoms with E-state index in [-0.39, 0.29) is 17.2 Å². The average Bonchev–Trinajstić information content (AvgIpc) is 2.96. The first-order valence-electron chi connectivity index (χ1n) is 8.83. The smallest absolute Gasteiger partial charge is 0.233 e. The summed E-state index contributed by atoms with van der Waals surface area (Å²) in [7, 11) is 1.95. The molecule has 0 radical (unpaired) electrons. The third-order valence-electron chi connectivity index (χ3n) is 4.73. The fraction of sp³-hybridized carbons (Fsp3) is 0.300. The molecule has 1 aromatic heterocycles. The van der Waals surface area contributed by atoms with Gasteiger partial charge in [0.1, 0.15) is 5.75 Å². The molecule has 0 fully saturated rings. The van der Waals surface area contributed by atoms with Crippen molar-refractivity contribution >= 4 is 40.3 Å². The summed E-state index contributed by atoms with van der Waals surface area (Å²) >= 11 is 7.50. The van der Waals surface area contributed by atoms with Crippen molar-refractivity contribution in [3.8, 4) is 5.75 Å². The van der Waals surface area contributed by atoms with Crippen LogP contribution in [0, 0.1) is 0 Å². The second kappa shape index (κ2) is 7.44. The molecule has 3 aromatic rings. The van der Waals surface area contributed by atoms with Crippen molar-refractivity contribution in [3.63, 3.8) is 0 Å². The predicted octanol–water partition coefficient (Wildman–Crippen LogP) is 4.35. The van der Waals surface area contributed by atoms with Crippen LogP contribution in [0.4, 0.5) is 0 Å². The van der Waals surface area contributed by atoms with Gasteiger partial charge in [0, 0.05) is 24.1 Å². The van der Waals surface area contributed by atoms with Gasteiger partial charge in [-0.1, -0.05) is 41.6 Å². The molecule has 0 bridgehead atoms. The minimum Gasteiger partial charge on any atom is -0.493 e. The lowest BCUT2D eigenvalue weighted by molar-refractivity contribution is -0.121. The van der Waals surface area contributed by atoms with Crippen LogP contribution in [0.2, 0.25) is 5.02 Å². The van der Waals surface area contributed by atoms with Crippen LogP contribution in [-0.4, -0.2) is 27.3 Å². The first kappa shape index (κ1) is 18.2. The molecule has 1 amide bonds. The van der Waals surface area contributed by atoms with E-state index in [0.29, 0.717) is 11.6 Å². The number of carbonyl (C=O) groups excluding carboxylic acids is 1. The number of thioether (sulfide) groups is 1. The summed E-state index contributed by atoms with van der Waals surface area (Å²) in [5, 5.41) is 4.33. The Morgan fingerprint density at radius 2 is 2.19 bits per heavy atom. The van der Waals surface area contributed by atoms with Gasteiger partial charge in [-0.05, 0) is 31.2 Å². The van der Waals surface area contributed by atoms with E-state index < -0.39 is 0 Å². The van der Waals surface area contributed by atoms with E-state index in [0.717, 1.165) is 33.9 Å². The molecule has 1 aliphatic rings. The molecule has 2 atom stereocenters. The summed E-state index contributed by atoms with van der Waals surface area (Å²) in [6, 6.07) is 13.5. The molecule has 5 nitrogen and oxygen atoms in total. The maximum absolute atomic E-state index is 12.8. The van der Waals surface area contributed by atoms with Gasteiger partial charge in [-0.2, -0.15) is 0 Å². The standard InChI is InChI=1S/C20H20ClN3O2S/c1-12(27-20-23-16-11-13(21)7-8-17(16)24(20)2)19(25)22-15-9-10-26-18-6-4-3-5-14(15)18/h3-8,11-12,15H,9-10H2,1-2H3,(H,22,25)/t12-,15-/m1/s1. The van der Waals surface area contributed by atoms with Crippen LogP contribution < -0.4 is 10.1 Å². The number of imidazole rings is 1. The fourth-order valence-corrected chi connectivity index (χ4v) is 4.31. The summed E-state index contributed by atoms with van der Waals surface area (Å²) in [6.45, 7) is 2.51. The number of hydrogen-bond acceptors (Lipinski definition) is 4. The maximum Gasteiger partial charge on any atom is 0.233 e. The molecule has 0 aliphatic carbocycles. The first-order chi connectivity index (χ1) is 13.0. The number of amides is 1. The lowest BCUT2D eigenvalue weighted by Crippen LogP contribution is -2.36. The number of halogens is 1. The Morgan fingerprint density at radius 1 is 1.37 bits per heavy atom. The molecule has 0 saturated heterocycles. The van der Waals surface area contributed by atoms with Crippen molar-refractivity contribution in [3.05, 3.63) is 53.1 Å². The van der Waals surface area contributed by atoms with Crippen LogP contribution in [0.15, 0.2) is 47.6 Å². The molecule has 140 valence electrons. The van der Waals surface area contributed by atoms with Gasteiger partial charge in [-0.25, -0.2) is 4.98 Å². The monoisotopic (exact) mass is 401 g/mol. The number of nitrogens with zero attached hydrogens (tertiary/aromatic N) is 2. The predicted molar refractivity (Wildman–Crippen MR) is 108 cm³/mol. The van der Waals surface area contributed by atoms with E-state index in [2.05, 4.69) is 10.3 Å². The third-order valence-corrected chi connectivity index (χ3v) is 6.11. The van der Waals surface area contributed by atoms with Crippen LogP contribution in [0.5, 0.6) is 5.75 Å². The molecule has 0 spiro atoms. The second-order valence-electron chi connectivity index (χ2n) is 6.58. The Kier molecular flexibility index (Phi) is 5.02. The number of nitrogens with one attached hydrogen (secondary N) is 1. The van der Waals surface area contributed by atoms with Gasteiger partial charge in [0.05, 0.1) is 28.9 Å². The van der Waals surface area contributed by atoms with Crippen molar-refractivity contribution in [2.24, 2.45) is 7.05 Å². The molecule has 0 saturated carbocycles. The van der Waals surface area contributed by atoms with E-state index in [1.165, 1.54) is 11.8 Å². The Labute approximate surface area is 167 Å². The average molecular weight is 402 g/mol. The molecule has 1 aliphatic heterocycles. The molecule has 2 aromatic carbocycles. The Bertz CT molecular complexity index is 1000. The number of aromatic nitrogens is 2. The quantitative estimate of drug-likeness (QED) is 0.660. The van der Waals surface area contributed by atoms with Crippen LogP contribution in [0.1, 0.15) is 24.9 Å². The minimum atomic E-state index is -0.272. The number of rotatable bonds is 4.